The molecule has 0 aliphatic carbocycles. The van der Waals surface area contributed by atoms with E-state index in [0.29, 0.717) is 18.0 Å². The maximum absolute atomic E-state index is 5.50. The highest BCUT2D eigenvalue weighted by Crippen LogP contribution is 2.16. The van der Waals surface area contributed by atoms with E-state index in [2.05, 4.69) is 44.8 Å². The number of nitrogens with zero attached hydrogens (tertiary/aromatic N) is 1. The van der Waals surface area contributed by atoms with Crippen LogP contribution in [0.1, 0.15) is 34.6 Å². The van der Waals surface area contributed by atoms with E-state index in [4.69, 9.17) is 4.74 Å². The molecule has 1 N–H and O–H groups in total. The van der Waals surface area contributed by atoms with Gasteiger partial charge in [-0.15, -0.1) is 0 Å². The second-order valence-corrected chi connectivity index (χ2v) is 5.93. The van der Waals surface area contributed by atoms with Gasteiger partial charge in [-0.05, 0) is 38.8 Å². The van der Waals surface area contributed by atoms with Gasteiger partial charge < -0.3 is 10.1 Å². The minimum atomic E-state index is 0.561. The van der Waals surface area contributed by atoms with Crippen molar-refractivity contribution in [3.8, 4) is 0 Å². The van der Waals surface area contributed by atoms with Crippen molar-refractivity contribution in [3.05, 3.63) is 0 Å². The van der Waals surface area contributed by atoms with Gasteiger partial charge in [0, 0.05) is 18.6 Å². The Labute approximate surface area is 107 Å². The highest BCUT2D eigenvalue weighted by molar-refractivity contribution is 4.80. The molecule has 102 valence electrons. The van der Waals surface area contributed by atoms with Crippen LogP contribution in [0.4, 0.5) is 0 Å². The molecule has 1 heterocycles. The molecule has 1 saturated heterocycles. The molecule has 17 heavy (non-hydrogen) atoms. The fourth-order valence-corrected chi connectivity index (χ4v) is 2.44. The summed E-state index contributed by atoms with van der Waals surface area (Å²) in [6, 6.07) is 1.19. The molecule has 1 fully saturated rings. The Hall–Kier alpha value is -0.120. The van der Waals surface area contributed by atoms with Crippen LogP contribution in [0, 0.1) is 11.8 Å². The van der Waals surface area contributed by atoms with Gasteiger partial charge in [-0.1, -0.05) is 20.8 Å². The van der Waals surface area contributed by atoms with Crippen LogP contribution in [0.25, 0.3) is 0 Å². The Morgan fingerprint density at radius 3 is 2.53 bits per heavy atom. The van der Waals surface area contributed by atoms with E-state index in [-0.39, 0.29) is 0 Å². The molecule has 0 spiro atoms. The van der Waals surface area contributed by atoms with E-state index in [0.717, 1.165) is 38.8 Å². The Balaban J connectivity index is 2.31. The first-order chi connectivity index (χ1) is 8.02. The number of morpholine rings is 1. The SMILES string of the molecule is CC(C)CNCC(C)C(C)N1CCOCC1C. The molecule has 3 atom stereocenters. The van der Waals surface area contributed by atoms with Crippen LogP contribution in [-0.4, -0.2) is 49.8 Å². The zero-order chi connectivity index (χ0) is 12.8. The van der Waals surface area contributed by atoms with Crippen molar-refractivity contribution in [3.63, 3.8) is 0 Å². The summed E-state index contributed by atoms with van der Waals surface area (Å²) in [6.07, 6.45) is 0. The maximum Gasteiger partial charge on any atom is 0.0619 e. The molecule has 0 aromatic carbocycles. The first-order valence-electron chi connectivity index (χ1n) is 7.06. The van der Waals surface area contributed by atoms with Crippen LogP contribution in [-0.2, 0) is 4.74 Å². The lowest BCUT2D eigenvalue weighted by Gasteiger charge is -2.40. The highest BCUT2D eigenvalue weighted by Gasteiger charge is 2.26. The third kappa shape index (κ3) is 4.94. The average Bonchev–Trinajstić information content (AvgIpc) is 2.28. The third-order valence-electron chi connectivity index (χ3n) is 3.78. The van der Waals surface area contributed by atoms with Gasteiger partial charge in [-0.25, -0.2) is 0 Å². The standard InChI is InChI=1S/C14H30N2O/c1-11(2)8-15-9-12(3)14(5)16-6-7-17-10-13(16)4/h11-15H,6-10H2,1-5H3. The normalized spacial score (nSPS) is 26.1. The molecule has 0 aromatic heterocycles. The van der Waals surface area contributed by atoms with Crippen molar-refractivity contribution in [2.24, 2.45) is 11.8 Å². The number of rotatable bonds is 6. The lowest BCUT2D eigenvalue weighted by Crippen LogP contribution is -2.51. The van der Waals surface area contributed by atoms with Gasteiger partial charge >= 0.3 is 0 Å². The average molecular weight is 242 g/mol. The summed E-state index contributed by atoms with van der Waals surface area (Å²) in [5.74, 6) is 1.43. The molecule has 1 aliphatic rings. The maximum atomic E-state index is 5.50. The van der Waals surface area contributed by atoms with Gasteiger partial charge in [-0.3, -0.25) is 4.90 Å². The lowest BCUT2D eigenvalue weighted by atomic mass is 9.99. The largest absolute Gasteiger partial charge is 0.379 e. The van der Waals surface area contributed by atoms with Gasteiger partial charge in [0.15, 0.2) is 0 Å². The van der Waals surface area contributed by atoms with Crippen molar-refractivity contribution in [1.29, 1.82) is 0 Å². The van der Waals surface area contributed by atoms with E-state index < -0.39 is 0 Å². The first kappa shape index (κ1) is 14.9. The Kier molecular flexibility index (Phi) is 6.45. The number of nitrogens with one attached hydrogen (secondary N) is 1. The van der Waals surface area contributed by atoms with Crippen LogP contribution in [0.2, 0.25) is 0 Å². The minimum Gasteiger partial charge on any atom is -0.379 e. The lowest BCUT2D eigenvalue weighted by molar-refractivity contribution is -0.0286. The summed E-state index contributed by atoms with van der Waals surface area (Å²) in [5.41, 5.74) is 0. The zero-order valence-electron chi connectivity index (χ0n) is 12.2. The van der Waals surface area contributed by atoms with Gasteiger partial charge in [0.2, 0.25) is 0 Å². The number of hydrogen-bond donors (Lipinski definition) is 1. The van der Waals surface area contributed by atoms with Crippen LogP contribution in [0.3, 0.4) is 0 Å². The van der Waals surface area contributed by atoms with Gasteiger partial charge in [0.1, 0.15) is 0 Å². The molecule has 0 radical (unpaired) electrons. The molecular formula is C14H30N2O. The van der Waals surface area contributed by atoms with E-state index in [1.165, 1.54) is 0 Å². The molecule has 0 saturated carbocycles. The third-order valence-corrected chi connectivity index (χ3v) is 3.78. The summed E-state index contributed by atoms with van der Waals surface area (Å²) in [6.45, 7) is 16.6. The van der Waals surface area contributed by atoms with Crippen molar-refractivity contribution >= 4 is 0 Å². The van der Waals surface area contributed by atoms with Crippen molar-refractivity contribution in [1.82, 2.24) is 10.2 Å². The van der Waals surface area contributed by atoms with Crippen molar-refractivity contribution in [2.45, 2.75) is 46.7 Å². The van der Waals surface area contributed by atoms with Crippen LogP contribution in [0.5, 0.6) is 0 Å². The van der Waals surface area contributed by atoms with Gasteiger partial charge in [0.25, 0.3) is 0 Å². The molecule has 1 aliphatic heterocycles. The summed E-state index contributed by atoms with van der Waals surface area (Å²) in [4.78, 5) is 2.59. The molecule has 0 aromatic rings. The summed E-state index contributed by atoms with van der Waals surface area (Å²) >= 11 is 0. The van der Waals surface area contributed by atoms with Crippen LogP contribution < -0.4 is 5.32 Å². The Morgan fingerprint density at radius 2 is 1.94 bits per heavy atom. The zero-order valence-corrected chi connectivity index (χ0v) is 12.2. The quantitative estimate of drug-likeness (QED) is 0.771. The topological polar surface area (TPSA) is 24.5 Å². The second-order valence-electron chi connectivity index (χ2n) is 5.93. The molecule has 3 unspecified atom stereocenters. The molecule has 3 nitrogen and oxygen atoms in total. The Morgan fingerprint density at radius 1 is 1.24 bits per heavy atom. The van der Waals surface area contributed by atoms with E-state index in [1.807, 2.05) is 0 Å². The molecule has 0 bridgehead atoms. The monoisotopic (exact) mass is 242 g/mol. The predicted molar refractivity (Wildman–Crippen MR) is 73.3 cm³/mol. The number of ether oxygens (including phenoxy) is 1. The van der Waals surface area contributed by atoms with Gasteiger partial charge in [0.05, 0.1) is 13.2 Å². The van der Waals surface area contributed by atoms with E-state index in [9.17, 15) is 0 Å². The fraction of sp³-hybridized carbons (Fsp3) is 1.00. The summed E-state index contributed by atoms with van der Waals surface area (Å²) in [7, 11) is 0. The van der Waals surface area contributed by atoms with E-state index >= 15 is 0 Å². The Bertz CT molecular complexity index is 208. The van der Waals surface area contributed by atoms with E-state index in [1.54, 1.807) is 0 Å². The molecule has 1 rings (SSSR count). The van der Waals surface area contributed by atoms with Crippen LogP contribution >= 0.6 is 0 Å². The van der Waals surface area contributed by atoms with Crippen molar-refractivity contribution in [2.75, 3.05) is 32.8 Å². The van der Waals surface area contributed by atoms with Crippen LogP contribution in [0.15, 0.2) is 0 Å². The summed E-state index contributed by atoms with van der Waals surface area (Å²) < 4.78 is 5.50. The van der Waals surface area contributed by atoms with Crippen molar-refractivity contribution < 1.29 is 4.74 Å². The molecule has 3 heteroatoms. The second kappa shape index (κ2) is 7.34. The highest BCUT2D eigenvalue weighted by atomic mass is 16.5. The molecule has 0 amide bonds. The van der Waals surface area contributed by atoms with Gasteiger partial charge in [-0.2, -0.15) is 0 Å². The fourth-order valence-electron chi connectivity index (χ4n) is 2.44. The smallest absolute Gasteiger partial charge is 0.0619 e. The minimum absolute atomic E-state index is 0.561. The molecular weight excluding hydrogens is 212 g/mol. The number of hydrogen-bond acceptors (Lipinski definition) is 3. The predicted octanol–water partition coefficient (Wildman–Crippen LogP) is 1.98. The first-order valence-corrected chi connectivity index (χ1v) is 7.06. The summed E-state index contributed by atoms with van der Waals surface area (Å²) in [5, 5.41) is 3.56.